The average Bonchev–Trinajstić information content (AvgIpc) is 2.49. The molecule has 0 aliphatic heterocycles. The summed E-state index contributed by atoms with van der Waals surface area (Å²) in [5.41, 5.74) is 1.34. The van der Waals surface area contributed by atoms with Crippen LogP contribution >= 0.6 is 0 Å². The molecular formula is C20H35N. The van der Waals surface area contributed by atoms with Crippen LogP contribution in [0.1, 0.15) is 71.6 Å². The summed E-state index contributed by atoms with van der Waals surface area (Å²) in [5, 5.41) is 0. The topological polar surface area (TPSA) is 3.24 Å². The number of benzene rings is 1. The SMILES string of the molecule is CC(C)CCCCCCCCCCN(C)c1ccccc1. The number of unbranched alkanes of at least 4 members (excludes halogenated alkanes) is 7. The zero-order chi connectivity index (χ0) is 15.3. The van der Waals surface area contributed by atoms with Crippen LogP contribution in [0.2, 0.25) is 0 Å². The van der Waals surface area contributed by atoms with Crippen LogP contribution in [-0.4, -0.2) is 13.6 Å². The first-order chi connectivity index (χ1) is 10.2. The fourth-order valence-electron chi connectivity index (χ4n) is 2.77. The van der Waals surface area contributed by atoms with Gasteiger partial charge in [0.05, 0.1) is 0 Å². The molecule has 1 aromatic rings. The fourth-order valence-corrected chi connectivity index (χ4v) is 2.77. The zero-order valence-corrected chi connectivity index (χ0v) is 14.5. The largest absolute Gasteiger partial charge is 0.375 e. The van der Waals surface area contributed by atoms with Gasteiger partial charge < -0.3 is 4.90 Å². The molecule has 0 atom stereocenters. The Morgan fingerprint density at radius 3 is 1.86 bits per heavy atom. The van der Waals surface area contributed by atoms with Crippen LogP contribution in [0, 0.1) is 5.92 Å². The van der Waals surface area contributed by atoms with Gasteiger partial charge in [0.1, 0.15) is 0 Å². The monoisotopic (exact) mass is 289 g/mol. The van der Waals surface area contributed by atoms with E-state index in [2.05, 4.69) is 56.1 Å². The summed E-state index contributed by atoms with van der Waals surface area (Å²) in [4.78, 5) is 2.37. The van der Waals surface area contributed by atoms with E-state index in [1.54, 1.807) is 0 Å². The highest BCUT2D eigenvalue weighted by Crippen LogP contribution is 2.14. The Kier molecular flexibility index (Phi) is 10.0. The maximum atomic E-state index is 2.37. The summed E-state index contributed by atoms with van der Waals surface area (Å²) in [6.45, 7) is 5.83. The van der Waals surface area contributed by atoms with Gasteiger partial charge in [0, 0.05) is 19.3 Å². The second kappa shape index (κ2) is 11.7. The Bertz CT molecular complexity index is 331. The number of nitrogens with zero attached hydrogens (tertiary/aromatic N) is 1. The molecule has 0 N–H and O–H groups in total. The van der Waals surface area contributed by atoms with Gasteiger partial charge in [-0.3, -0.25) is 0 Å². The highest BCUT2D eigenvalue weighted by molar-refractivity contribution is 5.44. The molecule has 0 spiro atoms. The van der Waals surface area contributed by atoms with Gasteiger partial charge in [-0.2, -0.15) is 0 Å². The molecule has 0 heterocycles. The van der Waals surface area contributed by atoms with E-state index < -0.39 is 0 Å². The van der Waals surface area contributed by atoms with Crippen molar-refractivity contribution in [3.63, 3.8) is 0 Å². The van der Waals surface area contributed by atoms with Crippen LogP contribution in [0.5, 0.6) is 0 Å². The van der Waals surface area contributed by atoms with Crippen LogP contribution in [0.4, 0.5) is 5.69 Å². The highest BCUT2D eigenvalue weighted by atomic mass is 15.1. The minimum Gasteiger partial charge on any atom is -0.375 e. The van der Waals surface area contributed by atoms with E-state index in [0.717, 1.165) is 5.92 Å². The van der Waals surface area contributed by atoms with Gasteiger partial charge in [-0.25, -0.2) is 0 Å². The van der Waals surface area contributed by atoms with E-state index in [0.29, 0.717) is 0 Å². The lowest BCUT2D eigenvalue weighted by molar-refractivity contribution is 0.507. The van der Waals surface area contributed by atoms with E-state index in [4.69, 9.17) is 0 Å². The van der Waals surface area contributed by atoms with Gasteiger partial charge in [-0.1, -0.05) is 83.4 Å². The van der Waals surface area contributed by atoms with Crippen molar-refractivity contribution in [1.82, 2.24) is 0 Å². The third-order valence-corrected chi connectivity index (χ3v) is 4.22. The van der Waals surface area contributed by atoms with Crippen molar-refractivity contribution in [3.8, 4) is 0 Å². The third-order valence-electron chi connectivity index (χ3n) is 4.22. The Labute approximate surface area is 132 Å². The molecule has 0 aromatic heterocycles. The minimum atomic E-state index is 0.881. The first-order valence-corrected chi connectivity index (χ1v) is 8.96. The van der Waals surface area contributed by atoms with Crippen LogP contribution in [-0.2, 0) is 0 Å². The molecule has 1 nitrogen and oxygen atoms in total. The number of rotatable bonds is 12. The van der Waals surface area contributed by atoms with Crippen LogP contribution in [0.15, 0.2) is 30.3 Å². The smallest absolute Gasteiger partial charge is 0.0363 e. The number of hydrogen-bond acceptors (Lipinski definition) is 1. The summed E-state index contributed by atoms with van der Waals surface area (Å²) in [6, 6.07) is 10.7. The molecule has 0 radical (unpaired) electrons. The maximum absolute atomic E-state index is 2.37. The van der Waals surface area contributed by atoms with Crippen molar-refractivity contribution < 1.29 is 0 Å². The molecule has 21 heavy (non-hydrogen) atoms. The summed E-state index contributed by atoms with van der Waals surface area (Å²) >= 11 is 0. The first kappa shape index (κ1) is 18.1. The average molecular weight is 290 g/mol. The molecule has 1 heteroatoms. The zero-order valence-electron chi connectivity index (χ0n) is 14.5. The summed E-state index contributed by atoms with van der Waals surface area (Å²) in [6.07, 6.45) is 12.7. The second-order valence-electron chi connectivity index (χ2n) is 6.77. The lowest BCUT2D eigenvalue weighted by atomic mass is 10.0. The molecule has 0 bridgehead atoms. The Morgan fingerprint density at radius 2 is 1.29 bits per heavy atom. The molecular weight excluding hydrogens is 254 g/mol. The normalized spacial score (nSPS) is 11.0. The van der Waals surface area contributed by atoms with E-state index in [1.165, 1.54) is 70.0 Å². The van der Waals surface area contributed by atoms with Gasteiger partial charge >= 0.3 is 0 Å². The van der Waals surface area contributed by atoms with Gasteiger partial charge in [0.25, 0.3) is 0 Å². The van der Waals surface area contributed by atoms with Gasteiger partial charge in [-0.15, -0.1) is 0 Å². The molecule has 0 amide bonds. The first-order valence-electron chi connectivity index (χ1n) is 8.96. The quantitative estimate of drug-likeness (QED) is 0.409. The molecule has 1 aromatic carbocycles. The van der Waals surface area contributed by atoms with Gasteiger partial charge in [0.2, 0.25) is 0 Å². The summed E-state index contributed by atoms with van der Waals surface area (Å²) < 4.78 is 0. The summed E-state index contributed by atoms with van der Waals surface area (Å²) in [5.74, 6) is 0.881. The molecule has 1 rings (SSSR count). The van der Waals surface area contributed by atoms with E-state index >= 15 is 0 Å². The predicted molar refractivity (Wildman–Crippen MR) is 96.1 cm³/mol. The third kappa shape index (κ3) is 9.55. The Hall–Kier alpha value is -0.980. The molecule has 0 unspecified atom stereocenters. The molecule has 0 fully saturated rings. The van der Waals surface area contributed by atoms with Gasteiger partial charge in [-0.05, 0) is 24.5 Å². The number of anilines is 1. The Balaban J connectivity index is 1.89. The fraction of sp³-hybridized carbons (Fsp3) is 0.700. The van der Waals surface area contributed by atoms with Gasteiger partial charge in [0.15, 0.2) is 0 Å². The lowest BCUT2D eigenvalue weighted by Crippen LogP contribution is -2.18. The summed E-state index contributed by atoms with van der Waals surface area (Å²) in [7, 11) is 2.20. The van der Waals surface area contributed by atoms with Crippen molar-refractivity contribution >= 4 is 5.69 Å². The second-order valence-corrected chi connectivity index (χ2v) is 6.77. The number of para-hydroxylation sites is 1. The standard InChI is InChI=1S/C20H35N/c1-19(2)15-11-8-6-4-5-7-9-14-18-21(3)20-16-12-10-13-17-20/h10,12-13,16-17,19H,4-9,11,14-15,18H2,1-3H3. The van der Waals surface area contributed by atoms with Crippen molar-refractivity contribution in [3.05, 3.63) is 30.3 Å². The Morgan fingerprint density at radius 1 is 0.762 bits per heavy atom. The predicted octanol–water partition coefficient (Wildman–Crippen LogP) is 6.29. The van der Waals surface area contributed by atoms with Crippen LogP contribution in [0.3, 0.4) is 0 Å². The lowest BCUT2D eigenvalue weighted by Gasteiger charge is -2.18. The minimum absolute atomic E-state index is 0.881. The van der Waals surface area contributed by atoms with Crippen LogP contribution in [0.25, 0.3) is 0 Å². The molecule has 0 aliphatic rings. The molecule has 0 saturated heterocycles. The van der Waals surface area contributed by atoms with E-state index in [1.807, 2.05) is 0 Å². The maximum Gasteiger partial charge on any atom is 0.0363 e. The number of hydrogen-bond donors (Lipinski definition) is 0. The van der Waals surface area contributed by atoms with Crippen molar-refractivity contribution in [2.75, 3.05) is 18.5 Å². The van der Waals surface area contributed by atoms with Crippen molar-refractivity contribution in [2.45, 2.75) is 71.6 Å². The molecule has 0 aliphatic carbocycles. The van der Waals surface area contributed by atoms with Crippen LogP contribution < -0.4 is 4.90 Å². The van der Waals surface area contributed by atoms with Crippen molar-refractivity contribution in [1.29, 1.82) is 0 Å². The van der Waals surface area contributed by atoms with E-state index in [9.17, 15) is 0 Å². The molecule has 0 saturated carbocycles. The van der Waals surface area contributed by atoms with Crippen molar-refractivity contribution in [2.24, 2.45) is 5.92 Å². The van der Waals surface area contributed by atoms with E-state index in [-0.39, 0.29) is 0 Å². The molecule has 120 valence electrons. The highest BCUT2D eigenvalue weighted by Gasteiger charge is 1.99.